The SMILES string of the molecule is CSCCC(=O)c1ccc(N2CCOCC2)cc1. The van der Waals surface area contributed by atoms with Gasteiger partial charge >= 0.3 is 0 Å². The van der Waals surface area contributed by atoms with E-state index in [1.807, 2.05) is 30.5 Å². The second-order valence-electron chi connectivity index (χ2n) is 4.31. The molecule has 0 spiro atoms. The summed E-state index contributed by atoms with van der Waals surface area (Å²) in [6.45, 7) is 3.43. The van der Waals surface area contributed by atoms with Crippen molar-refractivity contribution in [1.29, 1.82) is 0 Å². The standard InChI is InChI=1S/C14H19NO2S/c1-18-11-6-14(16)12-2-4-13(5-3-12)15-7-9-17-10-8-15/h2-5H,6-11H2,1H3. The van der Waals surface area contributed by atoms with Crippen molar-refractivity contribution in [3.63, 3.8) is 0 Å². The van der Waals surface area contributed by atoms with Crippen LogP contribution < -0.4 is 4.90 Å². The molecular formula is C14H19NO2S. The lowest BCUT2D eigenvalue weighted by Crippen LogP contribution is -2.36. The number of carbonyl (C=O) groups is 1. The minimum atomic E-state index is 0.234. The maximum absolute atomic E-state index is 11.8. The molecule has 1 aliphatic heterocycles. The molecule has 18 heavy (non-hydrogen) atoms. The van der Waals surface area contributed by atoms with Crippen LogP contribution in [0.1, 0.15) is 16.8 Å². The van der Waals surface area contributed by atoms with Crippen LogP contribution >= 0.6 is 11.8 Å². The number of carbonyl (C=O) groups excluding carboxylic acids is 1. The largest absolute Gasteiger partial charge is 0.378 e. The van der Waals surface area contributed by atoms with E-state index in [-0.39, 0.29) is 5.78 Å². The van der Waals surface area contributed by atoms with Crippen molar-refractivity contribution in [3.05, 3.63) is 29.8 Å². The fraction of sp³-hybridized carbons (Fsp3) is 0.500. The molecule has 98 valence electrons. The van der Waals surface area contributed by atoms with Crippen LogP contribution in [0, 0.1) is 0 Å². The molecule has 1 aliphatic rings. The summed E-state index contributed by atoms with van der Waals surface area (Å²) in [7, 11) is 0. The molecule has 0 atom stereocenters. The van der Waals surface area contributed by atoms with E-state index in [1.165, 1.54) is 5.69 Å². The van der Waals surface area contributed by atoms with Crippen LogP contribution in [-0.2, 0) is 4.74 Å². The zero-order valence-corrected chi connectivity index (χ0v) is 11.5. The van der Waals surface area contributed by atoms with E-state index in [1.54, 1.807) is 11.8 Å². The maximum atomic E-state index is 11.8. The Morgan fingerprint density at radius 3 is 2.56 bits per heavy atom. The highest BCUT2D eigenvalue weighted by Crippen LogP contribution is 2.17. The highest BCUT2D eigenvalue weighted by molar-refractivity contribution is 7.98. The average Bonchev–Trinajstić information content (AvgIpc) is 2.46. The topological polar surface area (TPSA) is 29.5 Å². The van der Waals surface area contributed by atoms with E-state index in [9.17, 15) is 4.79 Å². The number of rotatable bonds is 5. The summed E-state index contributed by atoms with van der Waals surface area (Å²) in [5, 5.41) is 0. The molecule has 3 nitrogen and oxygen atoms in total. The average molecular weight is 265 g/mol. The molecule has 1 fully saturated rings. The molecule has 1 saturated heterocycles. The van der Waals surface area contributed by atoms with Crippen LogP contribution in [0.3, 0.4) is 0 Å². The molecule has 0 bridgehead atoms. The lowest BCUT2D eigenvalue weighted by molar-refractivity contribution is 0.0989. The molecule has 0 radical (unpaired) electrons. The van der Waals surface area contributed by atoms with E-state index in [2.05, 4.69) is 4.90 Å². The van der Waals surface area contributed by atoms with E-state index < -0.39 is 0 Å². The van der Waals surface area contributed by atoms with Gasteiger partial charge in [-0.15, -0.1) is 0 Å². The van der Waals surface area contributed by atoms with E-state index in [4.69, 9.17) is 4.74 Å². The summed E-state index contributed by atoms with van der Waals surface area (Å²) in [4.78, 5) is 14.1. The minimum absolute atomic E-state index is 0.234. The number of thioether (sulfide) groups is 1. The van der Waals surface area contributed by atoms with Crippen LogP contribution in [-0.4, -0.2) is 44.1 Å². The van der Waals surface area contributed by atoms with Crippen molar-refractivity contribution in [2.45, 2.75) is 6.42 Å². The molecular weight excluding hydrogens is 246 g/mol. The molecule has 1 heterocycles. The van der Waals surface area contributed by atoms with Crippen LogP contribution in [0.2, 0.25) is 0 Å². The van der Waals surface area contributed by atoms with Crippen molar-refractivity contribution >= 4 is 23.2 Å². The number of nitrogens with zero attached hydrogens (tertiary/aromatic N) is 1. The zero-order valence-electron chi connectivity index (χ0n) is 10.7. The van der Waals surface area contributed by atoms with E-state index in [0.29, 0.717) is 6.42 Å². The second-order valence-corrected chi connectivity index (χ2v) is 5.30. The normalized spacial score (nSPS) is 15.7. The first-order chi connectivity index (χ1) is 8.81. The van der Waals surface area contributed by atoms with Crippen molar-refractivity contribution < 1.29 is 9.53 Å². The van der Waals surface area contributed by atoms with E-state index >= 15 is 0 Å². The van der Waals surface area contributed by atoms with Gasteiger partial charge in [-0.1, -0.05) is 0 Å². The maximum Gasteiger partial charge on any atom is 0.163 e. The summed E-state index contributed by atoms with van der Waals surface area (Å²) in [6.07, 6.45) is 2.65. The quantitative estimate of drug-likeness (QED) is 0.765. The summed E-state index contributed by atoms with van der Waals surface area (Å²) in [5.41, 5.74) is 2.00. The Morgan fingerprint density at radius 1 is 1.28 bits per heavy atom. The van der Waals surface area contributed by atoms with Crippen molar-refractivity contribution in [3.8, 4) is 0 Å². The van der Waals surface area contributed by atoms with Crippen molar-refractivity contribution in [1.82, 2.24) is 0 Å². The Labute approximate surface area is 113 Å². The first-order valence-electron chi connectivity index (χ1n) is 6.26. The molecule has 0 amide bonds. The molecule has 1 aromatic carbocycles. The summed E-state index contributed by atoms with van der Waals surface area (Å²) in [6, 6.07) is 7.95. The van der Waals surface area contributed by atoms with Gasteiger partial charge in [-0.25, -0.2) is 0 Å². The lowest BCUT2D eigenvalue weighted by atomic mass is 10.1. The van der Waals surface area contributed by atoms with Gasteiger partial charge in [0, 0.05) is 36.5 Å². The van der Waals surface area contributed by atoms with Crippen LogP contribution in [0.4, 0.5) is 5.69 Å². The number of morpholine rings is 1. The van der Waals surface area contributed by atoms with Crippen molar-refractivity contribution in [2.75, 3.05) is 43.2 Å². The molecule has 0 aromatic heterocycles. The smallest absolute Gasteiger partial charge is 0.163 e. The zero-order chi connectivity index (χ0) is 12.8. The molecule has 0 saturated carbocycles. The minimum Gasteiger partial charge on any atom is -0.378 e. The fourth-order valence-electron chi connectivity index (χ4n) is 2.02. The third-order valence-corrected chi connectivity index (χ3v) is 3.71. The van der Waals surface area contributed by atoms with Gasteiger partial charge in [0.25, 0.3) is 0 Å². The van der Waals surface area contributed by atoms with Crippen LogP contribution in [0.15, 0.2) is 24.3 Å². The lowest BCUT2D eigenvalue weighted by Gasteiger charge is -2.28. The fourth-order valence-corrected chi connectivity index (χ4v) is 2.41. The van der Waals surface area contributed by atoms with Gasteiger partial charge in [-0.3, -0.25) is 4.79 Å². The van der Waals surface area contributed by atoms with Gasteiger partial charge in [0.15, 0.2) is 5.78 Å². The summed E-state index contributed by atoms with van der Waals surface area (Å²) < 4.78 is 5.33. The Bertz CT molecular complexity index is 385. The Kier molecular flexibility index (Phi) is 5.08. The summed E-state index contributed by atoms with van der Waals surface area (Å²) >= 11 is 1.71. The van der Waals surface area contributed by atoms with Crippen LogP contribution in [0.5, 0.6) is 0 Å². The van der Waals surface area contributed by atoms with Gasteiger partial charge in [0.2, 0.25) is 0 Å². The van der Waals surface area contributed by atoms with Gasteiger partial charge in [0.05, 0.1) is 13.2 Å². The highest BCUT2D eigenvalue weighted by Gasteiger charge is 2.12. The molecule has 0 aliphatic carbocycles. The number of hydrogen-bond donors (Lipinski definition) is 0. The molecule has 1 aromatic rings. The predicted molar refractivity (Wildman–Crippen MR) is 76.8 cm³/mol. The Morgan fingerprint density at radius 2 is 1.94 bits per heavy atom. The van der Waals surface area contributed by atoms with Gasteiger partial charge in [-0.2, -0.15) is 11.8 Å². The number of hydrogen-bond acceptors (Lipinski definition) is 4. The van der Waals surface area contributed by atoms with E-state index in [0.717, 1.165) is 37.6 Å². The van der Waals surface area contributed by atoms with Gasteiger partial charge in [-0.05, 0) is 30.5 Å². The third-order valence-electron chi connectivity index (χ3n) is 3.10. The molecule has 0 N–H and O–H groups in total. The Hall–Kier alpha value is -1.00. The Balaban J connectivity index is 1.98. The molecule has 0 unspecified atom stereocenters. The molecule has 2 rings (SSSR count). The first-order valence-corrected chi connectivity index (χ1v) is 7.65. The number of ketones is 1. The van der Waals surface area contributed by atoms with Crippen LogP contribution in [0.25, 0.3) is 0 Å². The molecule has 4 heteroatoms. The van der Waals surface area contributed by atoms with Gasteiger partial charge in [0.1, 0.15) is 0 Å². The number of ether oxygens (including phenoxy) is 1. The van der Waals surface area contributed by atoms with Gasteiger partial charge < -0.3 is 9.64 Å². The first kappa shape index (κ1) is 13.4. The van der Waals surface area contributed by atoms with Crippen molar-refractivity contribution in [2.24, 2.45) is 0 Å². The highest BCUT2D eigenvalue weighted by atomic mass is 32.2. The monoisotopic (exact) mass is 265 g/mol. The number of anilines is 1. The second kappa shape index (κ2) is 6.81. The number of Topliss-reactive ketones (excluding diaryl/α,β-unsaturated/α-hetero) is 1. The number of benzene rings is 1. The third kappa shape index (κ3) is 3.50. The summed E-state index contributed by atoms with van der Waals surface area (Å²) in [5.74, 6) is 1.13. The predicted octanol–water partition coefficient (Wildman–Crippen LogP) is 2.46.